The summed E-state index contributed by atoms with van der Waals surface area (Å²) in [6, 6.07) is 9.07. The summed E-state index contributed by atoms with van der Waals surface area (Å²) in [6.07, 6.45) is 6.41. The van der Waals surface area contributed by atoms with Crippen molar-refractivity contribution in [2.24, 2.45) is 11.7 Å². The van der Waals surface area contributed by atoms with Gasteiger partial charge in [-0.25, -0.2) is 0 Å². The molecule has 2 unspecified atom stereocenters. The molecule has 1 aromatic rings. The van der Waals surface area contributed by atoms with Gasteiger partial charge in [-0.3, -0.25) is 0 Å². The van der Waals surface area contributed by atoms with Gasteiger partial charge in [0.25, 0.3) is 0 Å². The Hall–Kier alpha value is -0.860. The van der Waals surface area contributed by atoms with Crippen LogP contribution in [0.5, 0.6) is 0 Å². The van der Waals surface area contributed by atoms with E-state index >= 15 is 0 Å². The molecule has 0 aliphatic carbocycles. The van der Waals surface area contributed by atoms with E-state index in [9.17, 15) is 0 Å². The van der Waals surface area contributed by atoms with Gasteiger partial charge in [0.15, 0.2) is 0 Å². The van der Waals surface area contributed by atoms with Crippen molar-refractivity contribution in [3.05, 3.63) is 35.4 Å². The van der Waals surface area contributed by atoms with Crippen LogP contribution in [0.3, 0.4) is 0 Å². The van der Waals surface area contributed by atoms with E-state index in [0.717, 1.165) is 12.5 Å². The minimum absolute atomic E-state index is 0.154. The molecule has 0 amide bonds. The van der Waals surface area contributed by atoms with E-state index in [0.29, 0.717) is 0 Å². The number of hydrogen-bond donors (Lipinski definition) is 1. The van der Waals surface area contributed by atoms with Crippen molar-refractivity contribution in [2.75, 3.05) is 19.6 Å². The first-order valence-corrected chi connectivity index (χ1v) is 8.29. The van der Waals surface area contributed by atoms with Gasteiger partial charge >= 0.3 is 0 Å². The van der Waals surface area contributed by atoms with Crippen LogP contribution < -0.4 is 5.73 Å². The number of hydrogen-bond acceptors (Lipinski definition) is 2. The van der Waals surface area contributed by atoms with Crippen molar-refractivity contribution >= 4 is 0 Å². The Morgan fingerprint density at radius 2 is 2.00 bits per heavy atom. The third-order valence-electron chi connectivity index (χ3n) is 4.58. The molecular weight excluding hydrogens is 244 g/mol. The number of nitrogens with zero attached hydrogens (tertiary/aromatic N) is 1. The zero-order chi connectivity index (χ0) is 14.4. The molecule has 0 saturated carbocycles. The Kier molecular flexibility index (Phi) is 6.06. The van der Waals surface area contributed by atoms with E-state index < -0.39 is 0 Å². The largest absolute Gasteiger partial charge is 0.323 e. The molecule has 1 aliphatic heterocycles. The van der Waals surface area contributed by atoms with Crippen LogP contribution in [0, 0.1) is 5.92 Å². The Morgan fingerprint density at radius 1 is 1.25 bits per heavy atom. The summed E-state index contributed by atoms with van der Waals surface area (Å²) in [4.78, 5) is 2.56. The van der Waals surface area contributed by atoms with Crippen molar-refractivity contribution in [2.45, 2.75) is 52.0 Å². The highest BCUT2D eigenvalue weighted by Crippen LogP contribution is 2.21. The summed E-state index contributed by atoms with van der Waals surface area (Å²) in [6.45, 7) is 7.99. The standard InChI is InChI=1S/C18H30N2/c1-3-6-16-8-10-17(11-9-16)18(19)14-20-12-5-7-15(4-2)13-20/h8-11,15,18H,3-7,12-14,19H2,1-2H3. The van der Waals surface area contributed by atoms with E-state index in [4.69, 9.17) is 5.73 Å². The molecule has 1 aromatic carbocycles. The van der Waals surface area contributed by atoms with Gasteiger partial charge in [0.1, 0.15) is 0 Å². The molecular formula is C18H30N2. The number of piperidine rings is 1. The van der Waals surface area contributed by atoms with E-state index in [1.54, 1.807) is 0 Å². The fraction of sp³-hybridized carbons (Fsp3) is 0.667. The smallest absolute Gasteiger partial charge is 0.0424 e. The first-order valence-electron chi connectivity index (χ1n) is 8.29. The SMILES string of the molecule is CCCc1ccc(C(N)CN2CCCC(CC)C2)cc1. The second kappa shape index (κ2) is 7.80. The summed E-state index contributed by atoms with van der Waals surface area (Å²) in [5.74, 6) is 0.878. The average Bonchev–Trinajstić information content (AvgIpc) is 2.48. The molecule has 1 saturated heterocycles. The second-order valence-corrected chi connectivity index (χ2v) is 6.27. The van der Waals surface area contributed by atoms with Crippen LogP contribution in [0.15, 0.2) is 24.3 Å². The van der Waals surface area contributed by atoms with Gasteiger partial charge in [0.05, 0.1) is 0 Å². The quantitative estimate of drug-likeness (QED) is 0.856. The van der Waals surface area contributed by atoms with Crippen LogP contribution in [-0.2, 0) is 6.42 Å². The Balaban J connectivity index is 1.88. The van der Waals surface area contributed by atoms with Crippen LogP contribution in [0.4, 0.5) is 0 Å². The highest BCUT2D eigenvalue weighted by molar-refractivity contribution is 5.25. The summed E-state index contributed by atoms with van der Waals surface area (Å²) in [7, 11) is 0. The second-order valence-electron chi connectivity index (χ2n) is 6.27. The molecule has 0 bridgehead atoms. The van der Waals surface area contributed by atoms with Crippen LogP contribution in [0.1, 0.15) is 56.7 Å². The molecule has 20 heavy (non-hydrogen) atoms. The molecule has 0 aromatic heterocycles. The predicted octanol–water partition coefficient (Wildman–Crippen LogP) is 3.76. The van der Waals surface area contributed by atoms with Crippen LogP contribution in [-0.4, -0.2) is 24.5 Å². The molecule has 112 valence electrons. The normalized spacial score (nSPS) is 21.9. The summed E-state index contributed by atoms with van der Waals surface area (Å²) in [5.41, 5.74) is 9.10. The maximum absolute atomic E-state index is 6.40. The maximum atomic E-state index is 6.40. The molecule has 0 spiro atoms. The minimum atomic E-state index is 0.154. The first-order chi connectivity index (χ1) is 9.72. The number of rotatable bonds is 6. The molecule has 1 heterocycles. The number of nitrogens with two attached hydrogens (primary N) is 1. The van der Waals surface area contributed by atoms with Gasteiger partial charge in [-0.2, -0.15) is 0 Å². The lowest BCUT2D eigenvalue weighted by atomic mass is 9.95. The van der Waals surface area contributed by atoms with E-state index in [1.165, 1.54) is 56.3 Å². The van der Waals surface area contributed by atoms with Gasteiger partial charge in [0.2, 0.25) is 0 Å². The number of likely N-dealkylation sites (tertiary alicyclic amines) is 1. The fourth-order valence-electron chi connectivity index (χ4n) is 3.25. The van der Waals surface area contributed by atoms with Crippen LogP contribution >= 0.6 is 0 Å². The number of benzene rings is 1. The fourth-order valence-corrected chi connectivity index (χ4v) is 3.25. The van der Waals surface area contributed by atoms with Crippen molar-refractivity contribution in [1.29, 1.82) is 0 Å². The molecule has 2 atom stereocenters. The summed E-state index contributed by atoms with van der Waals surface area (Å²) >= 11 is 0. The van der Waals surface area contributed by atoms with Gasteiger partial charge in [-0.15, -0.1) is 0 Å². The molecule has 2 N–H and O–H groups in total. The third-order valence-corrected chi connectivity index (χ3v) is 4.58. The maximum Gasteiger partial charge on any atom is 0.0424 e. The number of aryl methyl sites for hydroxylation is 1. The predicted molar refractivity (Wildman–Crippen MR) is 86.8 cm³/mol. The van der Waals surface area contributed by atoms with E-state index in [2.05, 4.69) is 43.0 Å². The zero-order valence-electron chi connectivity index (χ0n) is 13.1. The van der Waals surface area contributed by atoms with Crippen molar-refractivity contribution in [3.8, 4) is 0 Å². The molecule has 2 nitrogen and oxygen atoms in total. The van der Waals surface area contributed by atoms with Crippen molar-refractivity contribution in [1.82, 2.24) is 4.90 Å². The highest BCUT2D eigenvalue weighted by atomic mass is 15.1. The van der Waals surface area contributed by atoms with E-state index in [-0.39, 0.29) is 6.04 Å². The monoisotopic (exact) mass is 274 g/mol. The topological polar surface area (TPSA) is 29.3 Å². The molecule has 2 rings (SSSR count). The average molecular weight is 274 g/mol. The lowest BCUT2D eigenvalue weighted by molar-refractivity contribution is 0.163. The third kappa shape index (κ3) is 4.32. The molecule has 2 heteroatoms. The van der Waals surface area contributed by atoms with Crippen molar-refractivity contribution in [3.63, 3.8) is 0 Å². The van der Waals surface area contributed by atoms with Gasteiger partial charge in [-0.1, -0.05) is 51.0 Å². The van der Waals surface area contributed by atoms with Gasteiger partial charge < -0.3 is 10.6 Å². The molecule has 1 fully saturated rings. The highest BCUT2D eigenvalue weighted by Gasteiger charge is 2.20. The minimum Gasteiger partial charge on any atom is -0.323 e. The van der Waals surface area contributed by atoms with Gasteiger partial charge in [0, 0.05) is 19.1 Å². The van der Waals surface area contributed by atoms with Crippen molar-refractivity contribution < 1.29 is 0 Å². The van der Waals surface area contributed by atoms with Crippen LogP contribution in [0.2, 0.25) is 0 Å². The molecule has 0 radical (unpaired) electrons. The first kappa shape index (κ1) is 15.5. The van der Waals surface area contributed by atoms with Gasteiger partial charge in [-0.05, 0) is 42.9 Å². The Bertz CT molecular complexity index is 385. The lowest BCUT2D eigenvalue weighted by Gasteiger charge is -2.34. The zero-order valence-corrected chi connectivity index (χ0v) is 13.1. The van der Waals surface area contributed by atoms with Crippen LogP contribution in [0.25, 0.3) is 0 Å². The van der Waals surface area contributed by atoms with E-state index in [1.807, 2.05) is 0 Å². The summed E-state index contributed by atoms with van der Waals surface area (Å²) in [5, 5.41) is 0. The summed E-state index contributed by atoms with van der Waals surface area (Å²) < 4.78 is 0. The molecule has 1 aliphatic rings. The Morgan fingerprint density at radius 3 is 2.65 bits per heavy atom. The Labute approximate surface area is 124 Å². The lowest BCUT2D eigenvalue weighted by Crippen LogP contribution is -2.39.